The molecule has 0 aromatic heterocycles. The van der Waals surface area contributed by atoms with Crippen LogP contribution in [0.15, 0.2) is 72.8 Å². The van der Waals surface area contributed by atoms with Gasteiger partial charge in [-0.05, 0) is 47.9 Å². The number of anilines is 1. The number of nitrogens with zero attached hydrogens (tertiary/aromatic N) is 2. The predicted octanol–water partition coefficient (Wildman–Crippen LogP) is 4.47. The Bertz CT molecular complexity index is 1270. The first kappa shape index (κ1) is 26.2. The van der Waals surface area contributed by atoms with Crippen LogP contribution in [-0.2, 0) is 22.7 Å². The topological polar surface area (TPSA) is 111 Å². The minimum atomic E-state index is -0.497. The quantitative estimate of drug-likeness (QED) is 0.185. The number of benzene rings is 3. The number of rotatable bonds is 9. The van der Waals surface area contributed by atoms with Gasteiger partial charge in [-0.3, -0.25) is 19.8 Å². The number of likely N-dealkylation sites (tertiary alicyclic amines) is 1. The highest BCUT2D eigenvalue weighted by molar-refractivity contribution is 7.81. The minimum absolute atomic E-state index is 0.0214. The summed E-state index contributed by atoms with van der Waals surface area (Å²) < 4.78 is 10.5. The van der Waals surface area contributed by atoms with Crippen LogP contribution in [0.2, 0.25) is 0 Å². The maximum atomic E-state index is 13.1. The first-order valence-corrected chi connectivity index (χ1v) is 12.2. The van der Waals surface area contributed by atoms with Crippen LogP contribution in [-0.4, -0.2) is 46.6 Å². The van der Waals surface area contributed by atoms with Crippen LogP contribution < -0.4 is 10.1 Å². The highest BCUT2D eigenvalue weighted by Crippen LogP contribution is 2.26. The van der Waals surface area contributed by atoms with Crippen molar-refractivity contribution in [2.45, 2.75) is 30.9 Å². The van der Waals surface area contributed by atoms with Gasteiger partial charge in [-0.15, -0.1) is 0 Å². The molecule has 0 radical (unpaired) electrons. The van der Waals surface area contributed by atoms with E-state index in [4.69, 9.17) is 9.47 Å². The summed E-state index contributed by atoms with van der Waals surface area (Å²) in [4.78, 5) is 38.2. The SMILES string of the molecule is COc1ccc(COC(=O)c2cccc(NC(=O)[C@@H]3C[C@H](S)CN3Cc3ccc([N+](=O)[O-])cc3)c2)cc1. The van der Waals surface area contributed by atoms with Crippen molar-refractivity contribution in [3.8, 4) is 5.75 Å². The fourth-order valence-corrected chi connectivity index (χ4v) is 4.60. The molecule has 0 spiro atoms. The molecule has 0 aliphatic carbocycles. The molecule has 1 heterocycles. The lowest BCUT2D eigenvalue weighted by atomic mass is 10.1. The van der Waals surface area contributed by atoms with Crippen LogP contribution in [0, 0.1) is 10.1 Å². The zero-order valence-electron chi connectivity index (χ0n) is 20.2. The van der Waals surface area contributed by atoms with Gasteiger partial charge >= 0.3 is 5.97 Å². The van der Waals surface area contributed by atoms with Gasteiger partial charge in [0.15, 0.2) is 0 Å². The second-order valence-electron chi connectivity index (χ2n) is 8.75. The lowest BCUT2D eigenvalue weighted by Gasteiger charge is -2.23. The molecule has 3 aromatic rings. The summed E-state index contributed by atoms with van der Waals surface area (Å²) >= 11 is 4.57. The molecule has 9 nitrogen and oxygen atoms in total. The maximum absolute atomic E-state index is 13.1. The van der Waals surface area contributed by atoms with E-state index in [0.29, 0.717) is 30.8 Å². The molecule has 0 saturated carbocycles. The number of hydrogen-bond acceptors (Lipinski definition) is 8. The van der Waals surface area contributed by atoms with Gasteiger partial charge in [0.2, 0.25) is 5.91 Å². The molecule has 1 N–H and O–H groups in total. The number of thiol groups is 1. The van der Waals surface area contributed by atoms with Gasteiger partial charge in [0.05, 0.1) is 23.6 Å². The summed E-state index contributed by atoms with van der Waals surface area (Å²) in [6.45, 7) is 1.18. The van der Waals surface area contributed by atoms with Gasteiger partial charge in [-0.25, -0.2) is 4.79 Å². The van der Waals surface area contributed by atoms with Crippen LogP contribution in [0.5, 0.6) is 5.75 Å². The number of nitro benzene ring substituents is 1. The first-order chi connectivity index (χ1) is 17.8. The van der Waals surface area contributed by atoms with Crippen LogP contribution in [0.25, 0.3) is 0 Å². The number of carbonyl (C=O) groups excluding carboxylic acids is 2. The standard InChI is InChI=1S/C27H27N3O6S/c1-35-23-11-7-19(8-12-23)17-36-27(32)20-3-2-4-21(13-20)28-26(31)25-14-24(37)16-29(25)15-18-5-9-22(10-6-18)30(33)34/h2-13,24-25,37H,14-17H2,1H3,(H,28,31)/t24-,25-/m0/s1. The van der Waals surface area contributed by atoms with Crippen molar-refractivity contribution in [3.05, 3.63) is 99.6 Å². The van der Waals surface area contributed by atoms with Crippen molar-refractivity contribution in [2.75, 3.05) is 19.0 Å². The maximum Gasteiger partial charge on any atom is 0.338 e. The van der Waals surface area contributed by atoms with E-state index in [-0.39, 0.29) is 23.5 Å². The summed E-state index contributed by atoms with van der Waals surface area (Å²) in [5.74, 6) is 0.0153. The monoisotopic (exact) mass is 521 g/mol. The first-order valence-electron chi connectivity index (χ1n) is 11.7. The fraction of sp³-hybridized carbons (Fsp3) is 0.259. The van der Waals surface area contributed by atoms with Crippen LogP contribution in [0.1, 0.15) is 27.9 Å². The minimum Gasteiger partial charge on any atom is -0.497 e. The van der Waals surface area contributed by atoms with Gasteiger partial charge in [0, 0.05) is 36.2 Å². The number of nitrogens with one attached hydrogen (secondary N) is 1. The molecule has 1 saturated heterocycles. The van der Waals surface area contributed by atoms with Crippen molar-refractivity contribution in [2.24, 2.45) is 0 Å². The predicted molar refractivity (Wildman–Crippen MR) is 142 cm³/mol. The zero-order valence-corrected chi connectivity index (χ0v) is 21.1. The van der Waals surface area contributed by atoms with E-state index in [1.807, 2.05) is 17.0 Å². The molecule has 0 unspecified atom stereocenters. The Labute approximate surface area is 219 Å². The lowest BCUT2D eigenvalue weighted by molar-refractivity contribution is -0.384. The van der Waals surface area contributed by atoms with E-state index in [9.17, 15) is 19.7 Å². The van der Waals surface area contributed by atoms with E-state index in [1.54, 1.807) is 55.6 Å². The average Bonchev–Trinajstić information content (AvgIpc) is 3.28. The Morgan fingerprint density at radius 1 is 1.08 bits per heavy atom. The molecular formula is C27H27N3O6S. The molecule has 4 rings (SSSR count). The Kier molecular flexibility index (Phi) is 8.42. The van der Waals surface area contributed by atoms with Crippen LogP contribution in [0.3, 0.4) is 0 Å². The number of hydrogen-bond donors (Lipinski definition) is 2. The number of ether oxygens (including phenoxy) is 2. The Morgan fingerprint density at radius 3 is 2.46 bits per heavy atom. The molecule has 1 aliphatic rings. The second kappa shape index (κ2) is 11.9. The third kappa shape index (κ3) is 6.87. The van der Waals surface area contributed by atoms with E-state index >= 15 is 0 Å². The van der Waals surface area contributed by atoms with E-state index in [2.05, 4.69) is 17.9 Å². The van der Waals surface area contributed by atoms with E-state index in [0.717, 1.165) is 16.9 Å². The summed E-state index contributed by atoms with van der Waals surface area (Å²) in [7, 11) is 1.58. The van der Waals surface area contributed by atoms with Crippen molar-refractivity contribution in [1.29, 1.82) is 0 Å². The molecule has 0 bridgehead atoms. The highest BCUT2D eigenvalue weighted by atomic mass is 32.1. The zero-order chi connectivity index (χ0) is 26.4. The molecule has 10 heteroatoms. The molecule has 3 aromatic carbocycles. The van der Waals surface area contributed by atoms with Crippen molar-refractivity contribution >= 4 is 35.9 Å². The third-order valence-electron chi connectivity index (χ3n) is 6.11. The van der Waals surface area contributed by atoms with Crippen molar-refractivity contribution in [1.82, 2.24) is 4.90 Å². The molecule has 1 amide bonds. The summed E-state index contributed by atoms with van der Waals surface area (Å²) in [5, 5.41) is 13.8. The third-order valence-corrected chi connectivity index (χ3v) is 6.49. The van der Waals surface area contributed by atoms with E-state index < -0.39 is 16.9 Å². The van der Waals surface area contributed by atoms with Gasteiger partial charge in [-0.1, -0.05) is 30.3 Å². The van der Waals surface area contributed by atoms with Gasteiger partial charge in [0.25, 0.3) is 5.69 Å². The van der Waals surface area contributed by atoms with Crippen LogP contribution in [0.4, 0.5) is 11.4 Å². The molecule has 1 fully saturated rings. The Balaban J connectivity index is 1.37. The number of amides is 1. The molecule has 1 aliphatic heterocycles. The molecule has 2 atom stereocenters. The average molecular weight is 522 g/mol. The second-order valence-corrected chi connectivity index (χ2v) is 9.48. The Hall–Kier alpha value is -3.89. The fourth-order valence-electron chi connectivity index (χ4n) is 4.19. The summed E-state index contributed by atoms with van der Waals surface area (Å²) in [6.07, 6.45) is 0.561. The van der Waals surface area contributed by atoms with Gasteiger partial charge in [-0.2, -0.15) is 12.6 Å². The van der Waals surface area contributed by atoms with Crippen LogP contribution >= 0.6 is 12.6 Å². The highest BCUT2D eigenvalue weighted by Gasteiger charge is 2.35. The van der Waals surface area contributed by atoms with Crippen molar-refractivity contribution in [3.63, 3.8) is 0 Å². The summed E-state index contributed by atoms with van der Waals surface area (Å²) in [6, 6.07) is 19.7. The van der Waals surface area contributed by atoms with Gasteiger partial charge in [0.1, 0.15) is 12.4 Å². The molecular weight excluding hydrogens is 494 g/mol. The van der Waals surface area contributed by atoms with Gasteiger partial charge < -0.3 is 14.8 Å². The summed E-state index contributed by atoms with van der Waals surface area (Å²) in [5.41, 5.74) is 2.53. The lowest BCUT2D eigenvalue weighted by Crippen LogP contribution is -2.39. The number of carbonyl (C=O) groups is 2. The number of methoxy groups -OCH3 is 1. The number of esters is 1. The number of nitro groups is 1. The molecule has 192 valence electrons. The smallest absolute Gasteiger partial charge is 0.338 e. The largest absolute Gasteiger partial charge is 0.497 e. The normalized spacial score (nSPS) is 17.2. The van der Waals surface area contributed by atoms with Crippen molar-refractivity contribution < 1.29 is 24.0 Å². The van der Waals surface area contributed by atoms with E-state index in [1.165, 1.54) is 12.1 Å². The number of non-ortho nitro benzene ring substituents is 1. The molecule has 37 heavy (non-hydrogen) atoms. The Morgan fingerprint density at radius 2 is 1.78 bits per heavy atom.